The molecular weight excluding hydrogens is 218 g/mol. The standard InChI is InChI=1S/C13H13NO3/c1-17-8-2-3-9-10(6-8)11-4-7(13(9)16)5-12(15)14-11/h2-3,6-7,11H,4-5H2,1H3,(H,14,15)/t7-,11+/m0/s1. The molecule has 2 atom stereocenters. The zero-order valence-electron chi connectivity index (χ0n) is 9.53. The van der Waals surface area contributed by atoms with Crippen LogP contribution in [0.15, 0.2) is 18.2 Å². The Balaban J connectivity index is 2.12. The summed E-state index contributed by atoms with van der Waals surface area (Å²) in [6.07, 6.45) is 1.03. The predicted octanol–water partition coefficient (Wildman–Crippen LogP) is 1.46. The molecule has 0 saturated carbocycles. The van der Waals surface area contributed by atoms with E-state index in [-0.39, 0.29) is 23.7 Å². The maximum Gasteiger partial charge on any atom is 0.221 e. The fourth-order valence-corrected chi connectivity index (χ4v) is 2.71. The van der Waals surface area contributed by atoms with E-state index < -0.39 is 0 Å². The molecule has 1 aromatic carbocycles. The molecule has 17 heavy (non-hydrogen) atoms. The highest BCUT2D eigenvalue weighted by Crippen LogP contribution is 2.39. The Labute approximate surface area is 99.0 Å². The van der Waals surface area contributed by atoms with Crippen LogP contribution in [-0.4, -0.2) is 18.8 Å². The van der Waals surface area contributed by atoms with Crippen LogP contribution < -0.4 is 10.1 Å². The zero-order valence-corrected chi connectivity index (χ0v) is 9.53. The quantitative estimate of drug-likeness (QED) is 0.796. The van der Waals surface area contributed by atoms with Crippen LogP contribution >= 0.6 is 0 Å². The molecule has 1 heterocycles. The van der Waals surface area contributed by atoms with Crippen molar-refractivity contribution in [2.24, 2.45) is 5.92 Å². The van der Waals surface area contributed by atoms with Crippen molar-refractivity contribution in [3.63, 3.8) is 0 Å². The molecule has 1 saturated heterocycles. The van der Waals surface area contributed by atoms with Gasteiger partial charge in [0.2, 0.25) is 5.91 Å². The SMILES string of the molecule is COc1ccc2c(c1)[C@H]1C[C@@H](CC(=O)N1)C2=O. The first kappa shape index (κ1) is 10.3. The van der Waals surface area contributed by atoms with Gasteiger partial charge in [-0.25, -0.2) is 0 Å². The number of hydrogen-bond acceptors (Lipinski definition) is 3. The molecule has 4 heteroatoms. The van der Waals surface area contributed by atoms with Gasteiger partial charge in [0.05, 0.1) is 13.2 Å². The Bertz CT molecular complexity index is 509. The molecule has 1 amide bonds. The molecule has 0 unspecified atom stereocenters. The van der Waals surface area contributed by atoms with Crippen molar-refractivity contribution in [2.45, 2.75) is 18.9 Å². The van der Waals surface area contributed by atoms with Crippen molar-refractivity contribution < 1.29 is 14.3 Å². The van der Waals surface area contributed by atoms with Crippen molar-refractivity contribution in [2.75, 3.05) is 7.11 Å². The van der Waals surface area contributed by atoms with E-state index in [1.54, 1.807) is 19.2 Å². The van der Waals surface area contributed by atoms with E-state index in [0.717, 1.165) is 16.9 Å². The second-order valence-corrected chi connectivity index (χ2v) is 4.57. The Morgan fingerprint density at radius 3 is 2.94 bits per heavy atom. The number of amides is 1. The van der Waals surface area contributed by atoms with Crippen molar-refractivity contribution in [3.8, 4) is 5.75 Å². The molecule has 2 aliphatic rings. The summed E-state index contributed by atoms with van der Waals surface area (Å²) in [5.41, 5.74) is 1.62. The number of rotatable bonds is 1. The molecule has 1 aliphatic heterocycles. The lowest BCUT2D eigenvalue weighted by atomic mass is 9.75. The van der Waals surface area contributed by atoms with Gasteiger partial charge in [-0.05, 0) is 30.2 Å². The first-order chi connectivity index (χ1) is 8.19. The molecule has 3 rings (SSSR count). The number of ketones is 1. The minimum absolute atomic E-state index is 0.0342. The van der Waals surface area contributed by atoms with Crippen LogP contribution in [0.2, 0.25) is 0 Å². The number of fused-ring (bicyclic) bond motifs is 4. The number of methoxy groups -OCH3 is 1. The number of carbonyl (C=O) groups is 2. The number of hydrogen-bond donors (Lipinski definition) is 1. The molecule has 0 spiro atoms. The topological polar surface area (TPSA) is 55.4 Å². The summed E-state index contributed by atoms with van der Waals surface area (Å²) in [5.74, 6) is 0.631. The Morgan fingerprint density at radius 2 is 2.18 bits per heavy atom. The second kappa shape index (κ2) is 3.58. The van der Waals surface area contributed by atoms with Crippen LogP contribution in [0, 0.1) is 5.92 Å². The molecule has 1 N–H and O–H groups in total. The molecule has 0 aromatic heterocycles. The monoisotopic (exact) mass is 231 g/mol. The fourth-order valence-electron chi connectivity index (χ4n) is 2.71. The number of nitrogens with one attached hydrogen (secondary N) is 1. The molecule has 88 valence electrons. The van der Waals surface area contributed by atoms with Crippen molar-refractivity contribution in [1.82, 2.24) is 5.32 Å². The zero-order chi connectivity index (χ0) is 12.0. The first-order valence-corrected chi connectivity index (χ1v) is 5.70. The van der Waals surface area contributed by atoms with Gasteiger partial charge < -0.3 is 10.1 Å². The number of benzene rings is 1. The van der Waals surface area contributed by atoms with Crippen LogP contribution in [0.25, 0.3) is 0 Å². The summed E-state index contributed by atoms with van der Waals surface area (Å²) in [7, 11) is 1.59. The van der Waals surface area contributed by atoms with Crippen molar-refractivity contribution in [3.05, 3.63) is 29.3 Å². The van der Waals surface area contributed by atoms with Gasteiger partial charge >= 0.3 is 0 Å². The summed E-state index contributed by atoms with van der Waals surface area (Å²) in [4.78, 5) is 23.6. The summed E-state index contributed by atoms with van der Waals surface area (Å²) in [6, 6.07) is 5.40. The van der Waals surface area contributed by atoms with Gasteiger partial charge in [0.25, 0.3) is 0 Å². The van der Waals surface area contributed by atoms with E-state index in [1.165, 1.54) is 0 Å². The number of carbonyl (C=O) groups excluding carboxylic acids is 2. The lowest BCUT2D eigenvalue weighted by molar-refractivity contribution is -0.124. The third kappa shape index (κ3) is 1.52. The molecule has 1 aromatic rings. The van der Waals surface area contributed by atoms with E-state index >= 15 is 0 Å². The Hall–Kier alpha value is -1.84. The number of Topliss-reactive ketones (excluding diaryl/α,β-unsaturated/α-hetero) is 1. The van der Waals surface area contributed by atoms with E-state index in [1.807, 2.05) is 6.07 Å². The molecule has 0 radical (unpaired) electrons. The summed E-state index contributed by atoms with van der Waals surface area (Å²) in [5, 5.41) is 2.93. The highest BCUT2D eigenvalue weighted by Gasteiger charge is 2.39. The van der Waals surface area contributed by atoms with E-state index in [2.05, 4.69) is 5.32 Å². The lowest BCUT2D eigenvalue weighted by Crippen LogP contribution is -2.43. The minimum atomic E-state index is -0.144. The molecule has 2 bridgehead atoms. The van der Waals surface area contributed by atoms with Gasteiger partial charge in [-0.15, -0.1) is 0 Å². The van der Waals surface area contributed by atoms with Gasteiger partial charge in [0.15, 0.2) is 5.78 Å². The number of piperidine rings is 1. The summed E-state index contributed by atoms with van der Waals surface area (Å²) in [6.45, 7) is 0. The molecule has 1 aliphatic carbocycles. The van der Waals surface area contributed by atoms with Crippen LogP contribution in [-0.2, 0) is 4.79 Å². The van der Waals surface area contributed by atoms with E-state index in [0.29, 0.717) is 12.8 Å². The highest BCUT2D eigenvalue weighted by molar-refractivity contribution is 6.03. The lowest BCUT2D eigenvalue weighted by Gasteiger charge is -2.35. The van der Waals surface area contributed by atoms with Gasteiger partial charge in [-0.1, -0.05) is 0 Å². The fraction of sp³-hybridized carbons (Fsp3) is 0.385. The Kier molecular flexibility index (Phi) is 2.18. The smallest absolute Gasteiger partial charge is 0.221 e. The predicted molar refractivity (Wildman–Crippen MR) is 60.9 cm³/mol. The maximum atomic E-state index is 12.2. The molecule has 4 nitrogen and oxygen atoms in total. The third-order valence-electron chi connectivity index (χ3n) is 3.56. The largest absolute Gasteiger partial charge is 0.497 e. The van der Waals surface area contributed by atoms with Crippen molar-refractivity contribution in [1.29, 1.82) is 0 Å². The van der Waals surface area contributed by atoms with Gasteiger partial charge in [0.1, 0.15) is 5.75 Å². The van der Waals surface area contributed by atoms with Crippen LogP contribution in [0.3, 0.4) is 0 Å². The maximum absolute atomic E-state index is 12.2. The van der Waals surface area contributed by atoms with Crippen LogP contribution in [0.5, 0.6) is 5.75 Å². The van der Waals surface area contributed by atoms with Crippen molar-refractivity contribution >= 4 is 11.7 Å². The van der Waals surface area contributed by atoms with Crippen LogP contribution in [0.1, 0.15) is 34.8 Å². The van der Waals surface area contributed by atoms with E-state index in [9.17, 15) is 9.59 Å². The van der Waals surface area contributed by atoms with Gasteiger partial charge in [0, 0.05) is 17.9 Å². The average molecular weight is 231 g/mol. The van der Waals surface area contributed by atoms with Gasteiger partial charge in [-0.2, -0.15) is 0 Å². The Morgan fingerprint density at radius 1 is 1.35 bits per heavy atom. The minimum Gasteiger partial charge on any atom is -0.497 e. The van der Waals surface area contributed by atoms with Crippen LogP contribution in [0.4, 0.5) is 0 Å². The normalized spacial score (nSPS) is 26.2. The highest BCUT2D eigenvalue weighted by atomic mass is 16.5. The second-order valence-electron chi connectivity index (χ2n) is 4.57. The summed E-state index contributed by atoms with van der Waals surface area (Å²) >= 11 is 0. The molecular formula is C13H13NO3. The third-order valence-corrected chi connectivity index (χ3v) is 3.56. The molecule has 1 fully saturated rings. The summed E-state index contributed by atoms with van der Waals surface area (Å²) < 4.78 is 5.16. The van der Waals surface area contributed by atoms with E-state index in [4.69, 9.17) is 4.74 Å². The average Bonchev–Trinajstić information content (AvgIpc) is 2.35. The number of ether oxygens (including phenoxy) is 1. The van der Waals surface area contributed by atoms with Gasteiger partial charge in [-0.3, -0.25) is 9.59 Å². The first-order valence-electron chi connectivity index (χ1n) is 5.70.